The number of rotatable bonds is 0. The van der Waals surface area contributed by atoms with Crippen LogP contribution in [0, 0.1) is 0 Å². The topological polar surface area (TPSA) is 76.0 Å². The van der Waals surface area contributed by atoms with Crippen LogP contribution in [0.25, 0.3) is 11.0 Å². The SMILES string of the molecule is O=c1[nH]c2nc(C(F)(F)F)c(Br)cc2c(=O)o1. The molecule has 0 fully saturated rings. The van der Waals surface area contributed by atoms with Gasteiger partial charge in [-0.1, -0.05) is 0 Å². The summed E-state index contributed by atoms with van der Waals surface area (Å²) in [7, 11) is 0. The van der Waals surface area contributed by atoms with Crippen LogP contribution in [0.3, 0.4) is 0 Å². The summed E-state index contributed by atoms with van der Waals surface area (Å²) >= 11 is 2.65. The molecule has 0 amide bonds. The average molecular weight is 311 g/mol. The van der Waals surface area contributed by atoms with E-state index in [9.17, 15) is 22.8 Å². The fourth-order valence-electron chi connectivity index (χ4n) is 1.20. The predicted molar refractivity (Wildman–Crippen MR) is 53.6 cm³/mol. The Morgan fingerprint density at radius 3 is 2.59 bits per heavy atom. The zero-order valence-corrected chi connectivity index (χ0v) is 9.35. The van der Waals surface area contributed by atoms with Crippen LogP contribution in [0.15, 0.2) is 24.5 Å². The predicted octanol–water partition coefficient (Wildman–Crippen LogP) is 1.66. The van der Waals surface area contributed by atoms with Gasteiger partial charge >= 0.3 is 17.6 Å². The lowest BCUT2D eigenvalue weighted by atomic mass is 10.3. The van der Waals surface area contributed by atoms with Gasteiger partial charge in [-0.2, -0.15) is 13.2 Å². The summed E-state index contributed by atoms with van der Waals surface area (Å²) in [6.07, 6.45) is -4.69. The highest BCUT2D eigenvalue weighted by Gasteiger charge is 2.35. The van der Waals surface area contributed by atoms with Crippen molar-refractivity contribution in [2.45, 2.75) is 6.18 Å². The Morgan fingerprint density at radius 2 is 2.00 bits per heavy atom. The molecule has 2 aromatic heterocycles. The van der Waals surface area contributed by atoms with Gasteiger partial charge in [0.1, 0.15) is 5.39 Å². The first-order chi connectivity index (χ1) is 7.79. The highest BCUT2D eigenvalue weighted by Crippen LogP contribution is 2.33. The number of pyridine rings is 1. The molecule has 9 heteroatoms. The first-order valence-corrected chi connectivity index (χ1v) is 4.89. The number of hydrogen-bond donors (Lipinski definition) is 1. The molecule has 0 saturated heterocycles. The van der Waals surface area contributed by atoms with E-state index in [1.54, 1.807) is 0 Å². The molecule has 0 aliphatic rings. The fourth-order valence-corrected chi connectivity index (χ4v) is 1.74. The van der Waals surface area contributed by atoms with Crippen LogP contribution in [0.5, 0.6) is 0 Å². The third-order valence-electron chi connectivity index (χ3n) is 1.87. The quantitative estimate of drug-likeness (QED) is 0.803. The minimum atomic E-state index is -4.69. The molecule has 90 valence electrons. The second-order valence-corrected chi connectivity index (χ2v) is 3.87. The van der Waals surface area contributed by atoms with E-state index in [0.29, 0.717) is 0 Å². The lowest BCUT2D eigenvalue weighted by Crippen LogP contribution is -2.17. The molecule has 17 heavy (non-hydrogen) atoms. The monoisotopic (exact) mass is 310 g/mol. The molecular weight excluding hydrogens is 309 g/mol. The number of fused-ring (bicyclic) bond motifs is 1. The molecule has 0 aliphatic carbocycles. The minimum absolute atomic E-state index is 0.246. The molecule has 0 bridgehead atoms. The molecule has 5 nitrogen and oxygen atoms in total. The van der Waals surface area contributed by atoms with Crippen LogP contribution in [0.4, 0.5) is 13.2 Å². The van der Waals surface area contributed by atoms with Crippen LogP contribution in [0.1, 0.15) is 5.69 Å². The van der Waals surface area contributed by atoms with Gasteiger partial charge in [-0.05, 0) is 22.0 Å². The van der Waals surface area contributed by atoms with Gasteiger partial charge in [0.25, 0.3) is 0 Å². The summed E-state index contributed by atoms with van der Waals surface area (Å²) < 4.78 is 41.2. The summed E-state index contributed by atoms with van der Waals surface area (Å²) in [6, 6.07) is 0.896. The van der Waals surface area contributed by atoms with Crippen molar-refractivity contribution in [3.63, 3.8) is 0 Å². The number of nitrogens with one attached hydrogen (secondary N) is 1. The van der Waals surface area contributed by atoms with Crippen molar-refractivity contribution in [3.05, 3.63) is 37.2 Å². The number of aromatic amines is 1. The molecule has 2 rings (SSSR count). The van der Waals surface area contributed by atoms with Crippen molar-refractivity contribution in [2.24, 2.45) is 0 Å². The summed E-state index contributed by atoms with van der Waals surface area (Å²) in [4.78, 5) is 27.1. The van der Waals surface area contributed by atoms with E-state index in [0.717, 1.165) is 6.07 Å². The molecule has 0 unspecified atom stereocenters. The van der Waals surface area contributed by atoms with Gasteiger partial charge in [-0.3, -0.25) is 4.98 Å². The maximum absolute atomic E-state index is 12.5. The number of aromatic nitrogens is 2. The summed E-state index contributed by atoms with van der Waals surface area (Å²) in [6.45, 7) is 0. The molecule has 0 atom stereocenters. The second kappa shape index (κ2) is 3.69. The number of halogens is 4. The smallest absolute Gasteiger partial charge is 0.372 e. The third kappa shape index (κ3) is 2.09. The summed E-state index contributed by atoms with van der Waals surface area (Å²) in [5, 5.41) is -0.246. The van der Waals surface area contributed by atoms with Gasteiger partial charge < -0.3 is 4.42 Å². The zero-order valence-electron chi connectivity index (χ0n) is 7.76. The standard InChI is InChI=1S/C8H2BrF3N2O3/c9-3-1-2-5(13-4(3)8(10,11)12)14-7(16)17-6(2)15/h1H,(H,13,14,16). The number of hydrogen-bond acceptors (Lipinski definition) is 4. The van der Waals surface area contributed by atoms with E-state index in [1.807, 2.05) is 4.98 Å². The van der Waals surface area contributed by atoms with Crippen molar-refractivity contribution in [3.8, 4) is 0 Å². The van der Waals surface area contributed by atoms with Gasteiger partial charge in [0.05, 0.1) is 0 Å². The number of H-pyrrole nitrogens is 1. The van der Waals surface area contributed by atoms with Crippen LogP contribution < -0.4 is 11.4 Å². The molecule has 2 aromatic rings. The highest BCUT2D eigenvalue weighted by atomic mass is 79.9. The third-order valence-corrected chi connectivity index (χ3v) is 2.47. The van der Waals surface area contributed by atoms with Crippen LogP contribution in [-0.4, -0.2) is 9.97 Å². The zero-order chi connectivity index (χ0) is 12.8. The number of alkyl halides is 3. The van der Waals surface area contributed by atoms with Gasteiger partial charge in [-0.15, -0.1) is 0 Å². The first-order valence-electron chi connectivity index (χ1n) is 4.10. The van der Waals surface area contributed by atoms with E-state index in [-0.39, 0.29) is 5.39 Å². The lowest BCUT2D eigenvalue weighted by Gasteiger charge is -2.08. The molecular formula is C8H2BrF3N2O3. The Kier molecular flexibility index (Phi) is 2.57. The Hall–Kier alpha value is -1.64. The first kappa shape index (κ1) is 11.8. The maximum atomic E-state index is 12.5. The van der Waals surface area contributed by atoms with Crippen molar-refractivity contribution < 1.29 is 17.6 Å². The van der Waals surface area contributed by atoms with E-state index in [2.05, 4.69) is 25.3 Å². The van der Waals surface area contributed by atoms with Gasteiger partial charge in [0, 0.05) is 4.47 Å². The Morgan fingerprint density at radius 1 is 1.35 bits per heavy atom. The van der Waals surface area contributed by atoms with Crippen molar-refractivity contribution in [1.29, 1.82) is 0 Å². The van der Waals surface area contributed by atoms with Crippen LogP contribution >= 0.6 is 15.9 Å². The van der Waals surface area contributed by atoms with Crippen molar-refractivity contribution in [1.82, 2.24) is 9.97 Å². The lowest BCUT2D eigenvalue weighted by molar-refractivity contribution is -0.141. The van der Waals surface area contributed by atoms with Gasteiger partial charge in [0.15, 0.2) is 11.3 Å². The molecule has 2 heterocycles. The van der Waals surface area contributed by atoms with Crippen molar-refractivity contribution >= 4 is 27.0 Å². The van der Waals surface area contributed by atoms with E-state index >= 15 is 0 Å². The van der Waals surface area contributed by atoms with Crippen molar-refractivity contribution in [2.75, 3.05) is 0 Å². The normalized spacial score (nSPS) is 12.0. The highest BCUT2D eigenvalue weighted by molar-refractivity contribution is 9.10. The van der Waals surface area contributed by atoms with E-state index < -0.39 is 33.4 Å². The number of nitrogens with zero attached hydrogens (tertiary/aromatic N) is 1. The maximum Gasteiger partial charge on any atom is 0.434 e. The second-order valence-electron chi connectivity index (χ2n) is 3.01. The molecule has 0 spiro atoms. The van der Waals surface area contributed by atoms with Gasteiger partial charge in [-0.25, -0.2) is 14.6 Å². The molecule has 0 radical (unpaired) electrons. The summed E-state index contributed by atoms with van der Waals surface area (Å²) in [5.41, 5.74) is -2.75. The largest absolute Gasteiger partial charge is 0.434 e. The fraction of sp³-hybridized carbons (Fsp3) is 0.125. The Bertz CT molecular complexity index is 704. The molecule has 0 saturated carbocycles. The van der Waals surface area contributed by atoms with Crippen LogP contribution in [0.2, 0.25) is 0 Å². The summed E-state index contributed by atoms with van der Waals surface area (Å²) in [5.74, 6) is -1.16. The average Bonchev–Trinajstić information content (AvgIpc) is 2.16. The Balaban J connectivity index is 2.91. The minimum Gasteiger partial charge on any atom is -0.372 e. The van der Waals surface area contributed by atoms with Gasteiger partial charge in [0.2, 0.25) is 0 Å². The molecule has 1 N–H and O–H groups in total. The molecule has 0 aliphatic heterocycles. The van der Waals surface area contributed by atoms with Crippen LogP contribution in [-0.2, 0) is 6.18 Å². The molecule has 0 aromatic carbocycles. The Labute approximate surface area is 98.4 Å². The van der Waals surface area contributed by atoms with E-state index in [4.69, 9.17) is 0 Å². The van der Waals surface area contributed by atoms with E-state index in [1.165, 1.54) is 0 Å².